The second kappa shape index (κ2) is 7.68. The highest BCUT2D eigenvalue weighted by molar-refractivity contribution is 5.79. The Morgan fingerprint density at radius 2 is 1.96 bits per heavy atom. The number of hydrogen-bond donors (Lipinski definition) is 1. The molecule has 1 saturated heterocycles. The summed E-state index contributed by atoms with van der Waals surface area (Å²) < 4.78 is 38.6. The van der Waals surface area contributed by atoms with Crippen LogP contribution in [0.1, 0.15) is 37.8 Å². The van der Waals surface area contributed by atoms with Crippen LogP contribution in [-0.2, 0) is 9.59 Å². The minimum Gasteiger partial charge on any atom is -0.349 e. The number of carbonyl (C=O) groups excluding carboxylic acids is 2. The van der Waals surface area contributed by atoms with E-state index in [1.54, 1.807) is 24.3 Å². The lowest BCUT2D eigenvalue weighted by Gasteiger charge is -2.34. The molecule has 1 N–H and O–H groups in total. The molecule has 1 aliphatic rings. The molecule has 0 bridgehead atoms. The molecule has 24 heavy (non-hydrogen) atoms. The van der Waals surface area contributed by atoms with Crippen LogP contribution in [0.15, 0.2) is 30.3 Å². The third kappa shape index (κ3) is 4.97. The SMILES string of the molecule is CC(=O)N[C@@H](CC(=O)N1CCC[C@@H](C(F)(F)F)C1)c1ccccc1. The molecule has 132 valence electrons. The topological polar surface area (TPSA) is 49.4 Å². The average molecular weight is 342 g/mol. The molecule has 2 amide bonds. The van der Waals surface area contributed by atoms with Crippen molar-refractivity contribution >= 4 is 11.8 Å². The van der Waals surface area contributed by atoms with E-state index in [0.29, 0.717) is 13.0 Å². The zero-order valence-corrected chi connectivity index (χ0v) is 13.5. The van der Waals surface area contributed by atoms with Crippen molar-refractivity contribution in [1.82, 2.24) is 10.2 Å². The molecule has 0 radical (unpaired) electrons. The van der Waals surface area contributed by atoms with Crippen LogP contribution in [0.5, 0.6) is 0 Å². The summed E-state index contributed by atoms with van der Waals surface area (Å²) in [5.41, 5.74) is 0.755. The van der Waals surface area contributed by atoms with E-state index >= 15 is 0 Å². The van der Waals surface area contributed by atoms with Gasteiger partial charge in [-0.2, -0.15) is 13.2 Å². The number of piperidine rings is 1. The number of halogens is 3. The van der Waals surface area contributed by atoms with Gasteiger partial charge in [-0.25, -0.2) is 0 Å². The van der Waals surface area contributed by atoms with Gasteiger partial charge < -0.3 is 10.2 Å². The molecule has 4 nitrogen and oxygen atoms in total. The Morgan fingerprint density at radius 3 is 2.54 bits per heavy atom. The largest absolute Gasteiger partial charge is 0.393 e. The highest BCUT2D eigenvalue weighted by atomic mass is 19.4. The first-order valence-corrected chi connectivity index (χ1v) is 7.94. The van der Waals surface area contributed by atoms with E-state index in [1.165, 1.54) is 11.8 Å². The number of nitrogens with one attached hydrogen (secondary N) is 1. The van der Waals surface area contributed by atoms with Gasteiger partial charge in [-0.05, 0) is 18.4 Å². The molecule has 1 aliphatic heterocycles. The van der Waals surface area contributed by atoms with Crippen molar-refractivity contribution < 1.29 is 22.8 Å². The maximum Gasteiger partial charge on any atom is 0.393 e. The van der Waals surface area contributed by atoms with Crippen LogP contribution < -0.4 is 5.32 Å². The van der Waals surface area contributed by atoms with Gasteiger partial charge in [0.15, 0.2) is 0 Å². The predicted octanol–water partition coefficient (Wildman–Crippen LogP) is 3.05. The standard InChI is InChI=1S/C17H21F3N2O2/c1-12(23)21-15(13-6-3-2-4-7-13)10-16(24)22-9-5-8-14(11-22)17(18,19)20/h2-4,6-7,14-15H,5,8-11H2,1H3,(H,21,23)/t14-,15+/m1/s1. The quantitative estimate of drug-likeness (QED) is 0.914. The summed E-state index contributed by atoms with van der Waals surface area (Å²) in [5, 5.41) is 2.70. The molecule has 0 aromatic heterocycles. The molecule has 2 atom stereocenters. The summed E-state index contributed by atoms with van der Waals surface area (Å²) in [6.45, 7) is 1.37. The summed E-state index contributed by atoms with van der Waals surface area (Å²) >= 11 is 0. The average Bonchev–Trinajstić information content (AvgIpc) is 2.54. The molecule has 0 aliphatic carbocycles. The fraction of sp³-hybridized carbons (Fsp3) is 0.529. The molecule has 1 aromatic carbocycles. The van der Waals surface area contributed by atoms with E-state index in [2.05, 4.69) is 5.32 Å². The van der Waals surface area contributed by atoms with Crippen molar-refractivity contribution in [3.63, 3.8) is 0 Å². The second-order valence-electron chi connectivity index (χ2n) is 6.09. The molecule has 0 spiro atoms. The predicted molar refractivity (Wildman–Crippen MR) is 83.0 cm³/mol. The molecule has 7 heteroatoms. The van der Waals surface area contributed by atoms with Gasteiger partial charge in [0.25, 0.3) is 0 Å². The molecule has 2 rings (SSSR count). The molecule has 0 unspecified atom stereocenters. The van der Waals surface area contributed by atoms with E-state index in [9.17, 15) is 22.8 Å². The zero-order valence-electron chi connectivity index (χ0n) is 13.5. The smallest absolute Gasteiger partial charge is 0.349 e. The molecule has 1 aromatic rings. The van der Waals surface area contributed by atoms with Crippen LogP contribution in [-0.4, -0.2) is 36.0 Å². The normalized spacial score (nSPS) is 19.7. The molecule has 1 fully saturated rings. The van der Waals surface area contributed by atoms with Crippen LogP contribution in [0.25, 0.3) is 0 Å². The van der Waals surface area contributed by atoms with Crippen molar-refractivity contribution in [2.75, 3.05) is 13.1 Å². The van der Waals surface area contributed by atoms with E-state index in [0.717, 1.165) is 5.56 Å². The number of nitrogens with zero attached hydrogens (tertiary/aromatic N) is 1. The highest BCUT2D eigenvalue weighted by Gasteiger charge is 2.42. The van der Waals surface area contributed by atoms with Crippen LogP contribution in [0, 0.1) is 5.92 Å². The molecular weight excluding hydrogens is 321 g/mol. The Labute approximate surface area is 139 Å². The number of likely N-dealkylation sites (tertiary alicyclic amines) is 1. The summed E-state index contributed by atoms with van der Waals surface area (Å²) in [6, 6.07) is 8.41. The van der Waals surface area contributed by atoms with Gasteiger partial charge in [-0.3, -0.25) is 9.59 Å². The third-order valence-corrected chi connectivity index (χ3v) is 4.20. The summed E-state index contributed by atoms with van der Waals surface area (Å²) in [4.78, 5) is 25.1. The first-order valence-electron chi connectivity index (χ1n) is 7.94. The van der Waals surface area contributed by atoms with E-state index in [-0.39, 0.29) is 31.2 Å². The van der Waals surface area contributed by atoms with Crippen LogP contribution >= 0.6 is 0 Å². The number of hydrogen-bond acceptors (Lipinski definition) is 2. The number of rotatable bonds is 4. The van der Waals surface area contributed by atoms with Crippen molar-refractivity contribution in [3.8, 4) is 0 Å². The maximum absolute atomic E-state index is 12.9. The summed E-state index contributed by atoms with van der Waals surface area (Å²) in [5.74, 6) is -2.12. The van der Waals surface area contributed by atoms with E-state index < -0.39 is 18.1 Å². The highest BCUT2D eigenvalue weighted by Crippen LogP contribution is 2.33. The Hall–Kier alpha value is -2.05. The molecule has 0 saturated carbocycles. The minimum absolute atomic E-state index is 0.0474. The fourth-order valence-corrected chi connectivity index (χ4v) is 2.96. The van der Waals surface area contributed by atoms with Crippen LogP contribution in [0.3, 0.4) is 0 Å². The van der Waals surface area contributed by atoms with E-state index in [4.69, 9.17) is 0 Å². The lowest BCUT2D eigenvalue weighted by molar-refractivity contribution is -0.188. The minimum atomic E-state index is -4.28. The van der Waals surface area contributed by atoms with Gasteiger partial charge in [0.2, 0.25) is 11.8 Å². The van der Waals surface area contributed by atoms with Gasteiger partial charge in [-0.15, -0.1) is 0 Å². The third-order valence-electron chi connectivity index (χ3n) is 4.20. The first kappa shape index (κ1) is 18.3. The van der Waals surface area contributed by atoms with Gasteiger partial charge in [-0.1, -0.05) is 30.3 Å². The monoisotopic (exact) mass is 342 g/mol. The second-order valence-corrected chi connectivity index (χ2v) is 6.09. The van der Waals surface area contributed by atoms with Gasteiger partial charge >= 0.3 is 6.18 Å². The summed E-state index contributed by atoms with van der Waals surface area (Å²) in [7, 11) is 0. The Balaban J connectivity index is 2.06. The van der Waals surface area contributed by atoms with Crippen molar-refractivity contribution in [2.45, 2.75) is 38.4 Å². The fourth-order valence-electron chi connectivity index (χ4n) is 2.96. The summed E-state index contributed by atoms with van der Waals surface area (Å²) in [6.07, 6.45) is -3.93. The molecule has 1 heterocycles. The maximum atomic E-state index is 12.9. The van der Waals surface area contributed by atoms with Gasteiger partial charge in [0, 0.05) is 20.0 Å². The Kier molecular flexibility index (Phi) is 5.85. The number of carbonyl (C=O) groups is 2. The number of alkyl halides is 3. The number of benzene rings is 1. The van der Waals surface area contributed by atoms with Crippen molar-refractivity contribution in [1.29, 1.82) is 0 Å². The van der Waals surface area contributed by atoms with Crippen molar-refractivity contribution in [3.05, 3.63) is 35.9 Å². The lowest BCUT2D eigenvalue weighted by Crippen LogP contribution is -2.45. The van der Waals surface area contributed by atoms with Crippen molar-refractivity contribution in [2.24, 2.45) is 5.92 Å². The van der Waals surface area contributed by atoms with Gasteiger partial charge in [0.05, 0.1) is 18.4 Å². The number of amides is 2. The zero-order chi connectivity index (χ0) is 17.7. The van der Waals surface area contributed by atoms with E-state index in [1.807, 2.05) is 6.07 Å². The Morgan fingerprint density at radius 1 is 1.29 bits per heavy atom. The van der Waals surface area contributed by atoms with Crippen LogP contribution in [0.4, 0.5) is 13.2 Å². The Bertz CT molecular complexity index is 575. The van der Waals surface area contributed by atoms with Gasteiger partial charge in [0.1, 0.15) is 0 Å². The first-order chi connectivity index (χ1) is 11.3. The molecular formula is C17H21F3N2O2. The lowest BCUT2D eigenvalue weighted by atomic mass is 9.96. The van der Waals surface area contributed by atoms with Crippen LogP contribution in [0.2, 0.25) is 0 Å².